The van der Waals surface area contributed by atoms with Crippen LogP contribution < -0.4 is 0 Å². The lowest BCUT2D eigenvalue weighted by Crippen LogP contribution is -2.32. The summed E-state index contributed by atoms with van der Waals surface area (Å²) < 4.78 is 5.64. The maximum atomic E-state index is 12.5. The lowest BCUT2D eigenvalue weighted by atomic mass is 9.86. The van der Waals surface area contributed by atoms with E-state index in [2.05, 4.69) is 0 Å². The fraction of sp³-hybridized carbons (Fsp3) is 0.667. The SMILES string of the molecule is CC/C=C\C(C(=O)OC(CCC)C(C)(C)C)=C(/CC)C(=O)O. The van der Waals surface area contributed by atoms with Crippen molar-refractivity contribution in [2.45, 2.75) is 73.3 Å². The number of carboxylic acid groups (broad SMARTS) is 1. The zero-order valence-corrected chi connectivity index (χ0v) is 14.7. The fourth-order valence-corrected chi connectivity index (χ4v) is 2.11. The first-order valence-electron chi connectivity index (χ1n) is 8.02. The molecule has 0 aromatic heterocycles. The van der Waals surface area contributed by atoms with Crippen LogP contribution in [0.15, 0.2) is 23.3 Å². The second-order valence-corrected chi connectivity index (χ2v) is 6.41. The van der Waals surface area contributed by atoms with Crippen LogP contribution in [-0.4, -0.2) is 23.1 Å². The van der Waals surface area contributed by atoms with Gasteiger partial charge in [-0.05, 0) is 24.7 Å². The number of carbonyl (C=O) groups excluding carboxylic acids is 1. The van der Waals surface area contributed by atoms with E-state index in [-0.39, 0.29) is 29.1 Å². The number of esters is 1. The predicted molar refractivity (Wildman–Crippen MR) is 88.6 cm³/mol. The van der Waals surface area contributed by atoms with Crippen LogP contribution in [0.1, 0.15) is 67.2 Å². The highest BCUT2D eigenvalue weighted by Crippen LogP contribution is 2.27. The monoisotopic (exact) mass is 310 g/mol. The second kappa shape index (κ2) is 9.44. The number of aliphatic carboxylic acids is 1. The highest BCUT2D eigenvalue weighted by atomic mass is 16.5. The van der Waals surface area contributed by atoms with E-state index in [1.165, 1.54) is 0 Å². The van der Waals surface area contributed by atoms with Gasteiger partial charge in [-0.3, -0.25) is 0 Å². The molecule has 1 unspecified atom stereocenters. The van der Waals surface area contributed by atoms with Gasteiger partial charge in [0, 0.05) is 0 Å². The Morgan fingerprint density at radius 3 is 2.14 bits per heavy atom. The molecule has 0 saturated carbocycles. The van der Waals surface area contributed by atoms with Gasteiger partial charge in [-0.1, -0.05) is 60.1 Å². The second-order valence-electron chi connectivity index (χ2n) is 6.41. The molecule has 0 rings (SSSR count). The maximum Gasteiger partial charge on any atom is 0.338 e. The van der Waals surface area contributed by atoms with Gasteiger partial charge >= 0.3 is 11.9 Å². The molecule has 1 N–H and O–H groups in total. The number of carboxylic acids is 1. The molecule has 0 radical (unpaired) electrons. The minimum Gasteiger partial charge on any atom is -0.478 e. The lowest BCUT2D eigenvalue weighted by Gasteiger charge is -2.30. The molecule has 0 aromatic rings. The summed E-state index contributed by atoms with van der Waals surface area (Å²) in [5.74, 6) is -1.62. The average Bonchev–Trinajstić information content (AvgIpc) is 2.41. The van der Waals surface area contributed by atoms with Gasteiger partial charge in [-0.25, -0.2) is 9.59 Å². The molecule has 0 heterocycles. The first-order chi connectivity index (χ1) is 10.2. The van der Waals surface area contributed by atoms with E-state index in [4.69, 9.17) is 4.74 Å². The first kappa shape index (κ1) is 20.4. The van der Waals surface area contributed by atoms with Crippen LogP contribution in [0, 0.1) is 5.41 Å². The van der Waals surface area contributed by atoms with Gasteiger partial charge in [0.15, 0.2) is 0 Å². The summed E-state index contributed by atoms with van der Waals surface area (Å²) in [6.07, 6.45) is 5.78. The molecule has 0 aromatic carbocycles. The summed E-state index contributed by atoms with van der Waals surface area (Å²) >= 11 is 0. The third-order valence-corrected chi connectivity index (χ3v) is 3.44. The fourth-order valence-electron chi connectivity index (χ4n) is 2.11. The van der Waals surface area contributed by atoms with Gasteiger partial charge in [0.05, 0.1) is 11.1 Å². The first-order valence-corrected chi connectivity index (χ1v) is 8.02. The predicted octanol–water partition coefficient (Wildman–Crippen LogP) is 4.50. The molecule has 4 heteroatoms. The van der Waals surface area contributed by atoms with Crippen molar-refractivity contribution in [1.82, 2.24) is 0 Å². The molecular weight excluding hydrogens is 280 g/mol. The van der Waals surface area contributed by atoms with Crippen molar-refractivity contribution >= 4 is 11.9 Å². The Kier molecular flexibility index (Phi) is 8.76. The van der Waals surface area contributed by atoms with Gasteiger partial charge in [-0.15, -0.1) is 0 Å². The van der Waals surface area contributed by atoms with Crippen LogP contribution in [0.4, 0.5) is 0 Å². The number of ether oxygens (including phenoxy) is 1. The molecule has 0 bridgehead atoms. The molecule has 0 aliphatic heterocycles. The van der Waals surface area contributed by atoms with Crippen LogP contribution in [0.3, 0.4) is 0 Å². The van der Waals surface area contributed by atoms with E-state index in [1.807, 2.05) is 34.6 Å². The highest BCUT2D eigenvalue weighted by Gasteiger charge is 2.29. The molecule has 0 amide bonds. The summed E-state index contributed by atoms with van der Waals surface area (Å²) in [6, 6.07) is 0. The van der Waals surface area contributed by atoms with E-state index in [0.717, 1.165) is 19.3 Å². The number of hydrogen-bond acceptors (Lipinski definition) is 3. The quantitative estimate of drug-likeness (QED) is 0.407. The number of allylic oxidation sites excluding steroid dienone is 1. The molecule has 126 valence electrons. The Bertz CT molecular complexity index is 438. The molecular formula is C18H30O4. The molecule has 0 aliphatic rings. The Balaban J connectivity index is 5.54. The van der Waals surface area contributed by atoms with Crippen LogP contribution in [-0.2, 0) is 14.3 Å². The van der Waals surface area contributed by atoms with Crippen LogP contribution in [0.5, 0.6) is 0 Å². The Morgan fingerprint density at radius 1 is 1.18 bits per heavy atom. The normalized spacial score (nSPS) is 14.6. The van der Waals surface area contributed by atoms with E-state index in [1.54, 1.807) is 19.1 Å². The van der Waals surface area contributed by atoms with Gasteiger partial charge in [0.1, 0.15) is 6.10 Å². The molecule has 0 fully saturated rings. The highest BCUT2D eigenvalue weighted by molar-refractivity contribution is 6.01. The standard InChI is InChI=1S/C18H30O4/c1-7-10-12-14(13(9-3)16(19)20)17(21)22-15(11-8-2)18(4,5)6/h10,12,15H,7-9,11H2,1-6H3,(H,19,20)/b12-10-,14-13-. The van der Waals surface area contributed by atoms with Crippen molar-refractivity contribution in [2.75, 3.05) is 0 Å². The molecule has 22 heavy (non-hydrogen) atoms. The average molecular weight is 310 g/mol. The van der Waals surface area contributed by atoms with Crippen molar-refractivity contribution in [3.8, 4) is 0 Å². The molecule has 0 spiro atoms. The Labute approximate surface area is 134 Å². The molecule has 1 atom stereocenters. The van der Waals surface area contributed by atoms with Crippen LogP contribution in [0.25, 0.3) is 0 Å². The zero-order valence-electron chi connectivity index (χ0n) is 14.7. The zero-order chi connectivity index (χ0) is 17.3. The minimum atomic E-state index is -1.07. The van der Waals surface area contributed by atoms with Gasteiger partial charge < -0.3 is 9.84 Å². The van der Waals surface area contributed by atoms with E-state index in [9.17, 15) is 14.7 Å². The minimum absolute atomic E-state index is 0.0962. The van der Waals surface area contributed by atoms with Crippen molar-refractivity contribution in [3.63, 3.8) is 0 Å². The van der Waals surface area contributed by atoms with E-state index < -0.39 is 11.9 Å². The summed E-state index contributed by atoms with van der Waals surface area (Å²) in [5.41, 5.74) is 0.0713. The van der Waals surface area contributed by atoms with Crippen molar-refractivity contribution in [1.29, 1.82) is 0 Å². The third kappa shape index (κ3) is 6.46. The van der Waals surface area contributed by atoms with E-state index in [0.29, 0.717) is 0 Å². The summed E-state index contributed by atoms with van der Waals surface area (Å²) in [4.78, 5) is 23.8. The number of rotatable bonds is 8. The largest absolute Gasteiger partial charge is 0.478 e. The van der Waals surface area contributed by atoms with Crippen LogP contribution in [0.2, 0.25) is 0 Å². The number of hydrogen-bond donors (Lipinski definition) is 1. The summed E-state index contributed by atoms with van der Waals surface area (Å²) in [5, 5.41) is 9.29. The van der Waals surface area contributed by atoms with Crippen molar-refractivity contribution in [3.05, 3.63) is 23.3 Å². The molecule has 0 aliphatic carbocycles. The van der Waals surface area contributed by atoms with Gasteiger partial charge in [-0.2, -0.15) is 0 Å². The van der Waals surface area contributed by atoms with Gasteiger partial charge in [0.2, 0.25) is 0 Å². The Hall–Kier alpha value is -1.58. The Morgan fingerprint density at radius 2 is 1.77 bits per heavy atom. The third-order valence-electron chi connectivity index (χ3n) is 3.44. The smallest absolute Gasteiger partial charge is 0.338 e. The van der Waals surface area contributed by atoms with Gasteiger partial charge in [0.25, 0.3) is 0 Å². The molecule has 4 nitrogen and oxygen atoms in total. The summed E-state index contributed by atoms with van der Waals surface area (Å²) in [6.45, 7) is 11.7. The maximum absolute atomic E-state index is 12.5. The van der Waals surface area contributed by atoms with E-state index >= 15 is 0 Å². The van der Waals surface area contributed by atoms with Crippen molar-refractivity contribution < 1.29 is 19.4 Å². The summed E-state index contributed by atoms with van der Waals surface area (Å²) in [7, 11) is 0. The van der Waals surface area contributed by atoms with Crippen LogP contribution >= 0.6 is 0 Å². The number of carbonyl (C=O) groups is 2. The molecule has 0 saturated heterocycles. The topological polar surface area (TPSA) is 63.6 Å². The van der Waals surface area contributed by atoms with Crippen molar-refractivity contribution in [2.24, 2.45) is 5.41 Å². The lowest BCUT2D eigenvalue weighted by molar-refractivity contribution is -0.150.